The maximum Gasteiger partial charge on any atom is 0.321 e. The summed E-state index contributed by atoms with van der Waals surface area (Å²) in [5, 5.41) is 3.80. The van der Waals surface area contributed by atoms with Gasteiger partial charge in [0.1, 0.15) is 5.41 Å². The van der Waals surface area contributed by atoms with Crippen molar-refractivity contribution in [1.82, 2.24) is 10.1 Å². The van der Waals surface area contributed by atoms with Gasteiger partial charge in [0.2, 0.25) is 5.89 Å². The number of nitrogens with zero attached hydrogens (tertiary/aromatic N) is 3. The van der Waals surface area contributed by atoms with Gasteiger partial charge in [-0.15, -0.1) is 0 Å². The van der Waals surface area contributed by atoms with Gasteiger partial charge in [-0.1, -0.05) is 0 Å². The first-order valence-electron chi connectivity index (χ1n) is 5.29. The predicted molar refractivity (Wildman–Crippen MR) is 56.2 cm³/mol. The van der Waals surface area contributed by atoms with Gasteiger partial charge in [-0.25, -0.2) is 0 Å². The molecule has 0 N–H and O–H groups in total. The smallest absolute Gasteiger partial charge is 0.321 e. The maximum atomic E-state index is 11.7. The van der Waals surface area contributed by atoms with Crippen LogP contribution in [-0.4, -0.2) is 36.8 Å². The van der Waals surface area contributed by atoms with E-state index in [4.69, 9.17) is 9.26 Å². The maximum absolute atomic E-state index is 11.7. The molecular formula is C10H15N3O3. The fourth-order valence-electron chi connectivity index (χ4n) is 1.49. The average Bonchev–Trinajstić information content (AvgIpc) is 2.89. The van der Waals surface area contributed by atoms with Crippen molar-refractivity contribution in [2.75, 3.05) is 25.6 Å². The van der Waals surface area contributed by atoms with Crippen LogP contribution in [0.4, 0.5) is 5.95 Å². The van der Waals surface area contributed by atoms with E-state index in [1.165, 1.54) is 0 Å². The van der Waals surface area contributed by atoms with Gasteiger partial charge in [-0.05, 0) is 24.9 Å². The Balaban J connectivity index is 2.20. The van der Waals surface area contributed by atoms with Gasteiger partial charge in [0.15, 0.2) is 0 Å². The lowest BCUT2D eigenvalue weighted by atomic mass is 10.1. The second kappa shape index (κ2) is 3.77. The van der Waals surface area contributed by atoms with Crippen molar-refractivity contribution in [2.45, 2.75) is 25.2 Å². The summed E-state index contributed by atoms with van der Waals surface area (Å²) in [6.07, 6.45) is 1.45. The highest BCUT2D eigenvalue weighted by Crippen LogP contribution is 2.48. The molecule has 1 aromatic rings. The Labute approximate surface area is 93.6 Å². The van der Waals surface area contributed by atoms with Crippen LogP contribution < -0.4 is 4.90 Å². The third-order valence-electron chi connectivity index (χ3n) is 2.64. The molecule has 0 amide bonds. The van der Waals surface area contributed by atoms with Crippen molar-refractivity contribution in [3.63, 3.8) is 0 Å². The number of hydrogen-bond acceptors (Lipinski definition) is 6. The molecule has 0 aromatic carbocycles. The highest BCUT2D eigenvalue weighted by molar-refractivity contribution is 5.85. The first-order valence-corrected chi connectivity index (χ1v) is 5.29. The van der Waals surface area contributed by atoms with E-state index in [9.17, 15) is 4.79 Å². The van der Waals surface area contributed by atoms with Crippen molar-refractivity contribution in [2.24, 2.45) is 0 Å². The zero-order valence-corrected chi connectivity index (χ0v) is 9.69. The SMILES string of the molecule is CCOC(=O)C1(c2nc(N(C)C)no2)CC1. The number of carbonyl (C=O) groups excluding carboxylic acids is 1. The van der Waals surface area contributed by atoms with Gasteiger partial charge in [0.05, 0.1) is 6.61 Å². The van der Waals surface area contributed by atoms with Gasteiger partial charge in [-0.3, -0.25) is 4.79 Å². The fraction of sp³-hybridized carbons (Fsp3) is 0.700. The predicted octanol–water partition coefficient (Wildman–Crippen LogP) is 0.730. The second-order valence-corrected chi connectivity index (χ2v) is 4.10. The van der Waals surface area contributed by atoms with E-state index in [1.54, 1.807) is 11.8 Å². The molecule has 1 aromatic heterocycles. The molecule has 0 radical (unpaired) electrons. The molecule has 0 spiro atoms. The number of ether oxygens (including phenoxy) is 1. The van der Waals surface area contributed by atoms with Crippen molar-refractivity contribution in [1.29, 1.82) is 0 Å². The molecule has 6 nitrogen and oxygen atoms in total. The van der Waals surface area contributed by atoms with Gasteiger partial charge in [0.25, 0.3) is 5.95 Å². The lowest BCUT2D eigenvalue weighted by molar-refractivity contribution is -0.146. The van der Waals surface area contributed by atoms with Crippen LogP contribution >= 0.6 is 0 Å². The topological polar surface area (TPSA) is 68.5 Å². The third kappa shape index (κ3) is 1.64. The molecule has 6 heteroatoms. The quantitative estimate of drug-likeness (QED) is 0.704. The van der Waals surface area contributed by atoms with Gasteiger partial charge >= 0.3 is 5.97 Å². The lowest BCUT2D eigenvalue weighted by Crippen LogP contribution is -2.23. The summed E-state index contributed by atoms with van der Waals surface area (Å²) >= 11 is 0. The van der Waals surface area contributed by atoms with Crippen LogP contribution in [0.1, 0.15) is 25.7 Å². The van der Waals surface area contributed by atoms with Crippen LogP contribution in [0.25, 0.3) is 0 Å². The van der Waals surface area contributed by atoms with Gasteiger partial charge in [-0.2, -0.15) is 4.98 Å². The molecule has 1 heterocycles. The molecule has 0 atom stereocenters. The van der Waals surface area contributed by atoms with E-state index in [2.05, 4.69) is 10.1 Å². The minimum absolute atomic E-state index is 0.260. The Morgan fingerprint density at radius 3 is 2.69 bits per heavy atom. The summed E-state index contributed by atoms with van der Waals surface area (Å²) in [7, 11) is 3.64. The van der Waals surface area contributed by atoms with Gasteiger partial charge in [0, 0.05) is 14.1 Å². The Kier molecular flexibility index (Phi) is 2.57. The summed E-state index contributed by atoms with van der Waals surface area (Å²) in [6, 6.07) is 0. The van der Waals surface area contributed by atoms with Crippen molar-refractivity contribution in [3.8, 4) is 0 Å². The van der Waals surface area contributed by atoms with Crippen molar-refractivity contribution < 1.29 is 14.1 Å². The Hall–Kier alpha value is -1.59. The Bertz CT molecular complexity index is 396. The van der Waals surface area contributed by atoms with E-state index in [0.717, 1.165) is 12.8 Å². The van der Waals surface area contributed by atoms with E-state index < -0.39 is 5.41 Å². The number of anilines is 1. The Morgan fingerprint density at radius 2 is 2.25 bits per heavy atom. The van der Waals surface area contributed by atoms with Crippen LogP contribution in [0.5, 0.6) is 0 Å². The standard InChI is InChI=1S/C10H15N3O3/c1-4-15-8(14)10(5-6-10)7-11-9(12-16-7)13(2)3/h4-6H2,1-3H3. The minimum Gasteiger partial charge on any atom is -0.465 e. The molecule has 16 heavy (non-hydrogen) atoms. The van der Waals surface area contributed by atoms with E-state index >= 15 is 0 Å². The highest BCUT2D eigenvalue weighted by Gasteiger charge is 2.57. The minimum atomic E-state index is -0.669. The van der Waals surface area contributed by atoms with E-state index in [-0.39, 0.29) is 5.97 Å². The molecule has 88 valence electrons. The molecule has 1 aliphatic carbocycles. The zero-order valence-electron chi connectivity index (χ0n) is 9.69. The summed E-state index contributed by atoms with van der Waals surface area (Å²) in [5.74, 6) is 0.587. The third-order valence-corrected chi connectivity index (χ3v) is 2.64. The van der Waals surface area contributed by atoms with Crippen LogP contribution in [0.3, 0.4) is 0 Å². The van der Waals surface area contributed by atoms with E-state index in [1.807, 2.05) is 14.1 Å². The summed E-state index contributed by atoms with van der Waals surface area (Å²) in [4.78, 5) is 17.7. The Morgan fingerprint density at radius 1 is 1.56 bits per heavy atom. The number of esters is 1. The number of rotatable bonds is 4. The van der Waals surface area contributed by atoms with Gasteiger partial charge < -0.3 is 14.2 Å². The van der Waals surface area contributed by atoms with Crippen LogP contribution in [0.15, 0.2) is 4.52 Å². The normalized spacial score (nSPS) is 16.9. The summed E-state index contributed by atoms with van der Waals surface area (Å²) < 4.78 is 10.1. The fourth-order valence-corrected chi connectivity index (χ4v) is 1.49. The first kappa shape index (κ1) is 10.9. The molecule has 0 bridgehead atoms. The molecule has 1 aliphatic rings. The summed E-state index contributed by atoms with van der Waals surface area (Å²) in [5.41, 5.74) is -0.669. The zero-order chi connectivity index (χ0) is 11.8. The van der Waals surface area contributed by atoms with E-state index in [0.29, 0.717) is 18.4 Å². The van der Waals surface area contributed by atoms with Crippen molar-refractivity contribution >= 4 is 11.9 Å². The molecule has 0 unspecified atom stereocenters. The van der Waals surface area contributed by atoms with Crippen LogP contribution in [0, 0.1) is 0 Å². The number of hydrogen-bond donors (Lipinski definition) is 0. The monoisotopic (exact) mass is 225 g/mol. The van der Waals surface area contributed by atoms with Crippen molar-refractivity contribution in [3.05, 3.63) is 5.89 Å². The largest absolute Gasteiger partial charge is 0.465 e. The molecule has 1 fully saturated rings. The molecule has 0 saturated heterocycles. The lowest BCUT2D eigenvalue weighted by Gasteiger charge is -2.08. The first-order chi connectivity index (χ1) is 7.60. The molecular weight excluding hydrogens is 210 g/mol. The van der Waals surface area contributed by atoms with Crippen LogP contribution in [-0.2, 0) is 14.9 Å². The van der Waals surface area contributed by atoms with Crippen LogP contribution in [0.2, 0.25) is 0 Å². The molecule has 2 rings (SSSR count). The molecule has 1 saturated carbocycles. The molecule has 0 aliphatic heterocycles. The highest BCUT2D eigenvalue weighted by atomic mass is 16.5. The summed E-state index contributed by atoms with van der Waals surface area (Å²) in [6.45, 7) is 2.16. The average molecular weight is 225 g/mol. The number of carbonyl (C=O) groups is 1. The second-order valence-electron chi connectivity index (χ2n) is 4.10. The number of aromatic nitrogens is 2.